The fourth-order valence-electron chi connectivity index (χ4n) is 3.35. The Morgan fingerprint density at radius 2 is 1.97 bits per heavy atom. The number of nitrogens with one attached hydrogen (secondary N) is 1. The maximum atomic E-state index is 12.6. The molecule has 5 aromatic rings. The number of aryl methyl sites for hydroxylation is 2. The Morgan fingerprint density at radius 3 is 2.81 bits per heavy atom. The fourth-order valence-corrected chi connectivity index (χ4v) is 5.35. The van der Waals surface area contributed by atoms with Gasteiger partial charge in [-0.3, -0.25) is 9.59 Å². The molecule has 0 bridgehead atoms. The second-order valence-electron chi connectivity index (χ2n) is 7.30. The van der Waals surface area contributed by atoms with Gasteiger partial charge in [-0.2, -0.15) is 0 Å². The maximum absolute atomic E-state index is 12.6. The zero-order valence-corrected chi connectivity index (χ0v) is 18.9. The van der Waals surface area contributed by atoms with Crippen molar-refractivity contribution >= 4 is 50.6 Å². The molecule has 0 aliphatic rings. The summed E-state index contributed by atoms with van der Waals surface area (Å²) >= 11 is 3.06. The molecule has 3 heterocycles. The maximum Gasteiger partial charge on any atom is 0.287 e. The number of carbonyl (C=O) groups excluding carboxylic acids is 1. The molecule has 0 radical (unpaired) electrons. The molecule has 0 saturated carbocycles. The van der Waals surface area contributed by atoms with Crippen molar-refractivity contribution < 1.29 is 9.32 Å². The van der Waals surface area contributed by atoms with E-state index in [1.165, 1.54) is 33.7 Å². The minimum atomic E-state index is -0.239. The summed E-state index contributed by atoms with van der Waals surface area (Å²) in [6.07, 6.45) is 0. The highest BCUT2D eigenvalue weighted by Gasteiger charge is 2.12. The van der Waals surface area contributed by atoms with Crippen LogP contribution in [0.1, 0.15) is 27.4 Å². The summed E-state index contributed by atoms with van der Waals surface area (Å²) in [5.41, 5.74) is 4.11. The highest BCUT2D eigenvalue weighted by molar-refractivity contribution is 8.00. The molecule has 5 rings (SSSR count). The van der Waals surface area contributed by atoms with Gasteiger partial charge < -0.3 is 9.84 Å². The molecule has 0 fully saturated rings. The van der Waals surface area contributed by atoms with Crippen LogP contribution in [-0.2, 0) is 5.75 Å². The van der Waals surface area contributed by atoms with E-state index in [-0.39, 0.29) is 11.5 Å². The molecule has 160 valence electrons. The molecular weight excluding hydrogens is 444 g/mol. The van der Waals surface area contributed by atoms with Gasteiger partial charge >= 0.3 is 0 Å². The van der Waals surface area contributed by atoms with E-state index in [1.54, 1.807) is 13.0 Å². The number of hydrogen-bond donors (Lipinski definition) is 1. The number of thiazole rings is 1. The number of benzene rings is 2. The molecule has 0 saturated heterocycles. The summed E-state index contributed by atoms with van der Waals surface area (Å²) < 4.78 is 8.36. The molecule has 3 aromatic heterocycles. The Morgan fingerprint density at radius 1 is 1.12 bits per heavy atom. The highest BCUT2D eigenvalue weighted by atomic mass is 32.2. The van der Waals surface area contributed by atoms with E-state index < -0.39 is 0 Å². The minimum absolute atomic E-state index is 0.135. The summed E-state index contributed by atoms with van der Waals surface area (Å²) in [5.74, 6) is 1.02. The molecule has 0 aliphatic carbocycles. The van der Waals surface area contributed by atoms with Crippen LogP contribution in [-0.4, -0.2) is 20.4 Å². The minimum Gasteiger partial charge on any atom is -0.375 e. The monoisotopic (exact) mass is 462 g/mol. The van der Waals surface area contributed by atoms with Crippen LogP contribution >= 0.6 is 23.1 Å². The SMILES string of the molecule is Cc1cc2nc(CSc3nc4ccc(NC(=O)c5ccccc5C)cc4s3)cc(=O)n2o1. The van der Waals surface area contributed by atoms with E-state index in [0.717, 1.165) is 25.8 Å². The van der Waals surface area contributed by atoms with Crippen LogP contribution in [0.3, 0.4) is 0 Å². The van der Waals surface area contributed by atoms with E-state index in [9.17, 15) is 9.59 Å². The average Bonchev–Trinajstić information content (AvgIpc) is 3.34. The smallest absolute Gasteiger partial charge is 0.287 e. The first-order valence-corrected chi connectivity index (χ1v) is 11.7. The summed E-state index contributed by atoms with van der Waals surface area (Å²) in [7, 11) is 0. The predicted molar refractivity (Wildman–Crippen MR) is 127 cm³/mol. The van der Waals surface area contributed by atoms with E-state index in [0.29, 0.717) is 28.4 Å². The number of rotatable bonds is 5. The van der Waals surface area contributed by atoms with Gasteiger partial charge in [-0.15, -0.1) is 15.9 Å². The molecule has 0 spiro atoms. The second kappa shape index (κ2) is 8.25. The van der Waals surface area contributed by atoms with Crippen LogP contribution in [0.25, 0.3) is 15.9 Å². The lowest BCUT2D eigenvalue weighted by molar-refractivity contribution is 0.102. The lowest BCUT2D eigenvalue weighted by atomic mass is 10.1. The Kier molecular flexibility index (Phi) is 5.28. The van der Waals surface area contributed by atoms with Gasteiger partial charge in [0.2, 0.25) is 0 Å². The van der Waals surface area contributed by atoms with Gasteiger partial charge in [0.25, 0.3) is 11.5 Å². The van der Waals surface area contributed by atoms with Gasteiger partial charge in [-0.1, -0.05) is 30.0 Å². The first-order valence-electron chi connectivity index (χ1n) is 9.86. The van der Waals surface area contributed by atoms with Crippen LogP contribution < -0.4 is 10.9 Å². The Labute approximate surface area is 191 Å². The average molecular weight is 463 g/mol. The van der Waals surface area contributed by atoms with E-state index >= 15 is 0 Å². The van der Waals surface area contributed by atoms with Crippen molar-refractivity contribution in [2.24, 2.45) is 0 Å². The lowest BCUT2D eigenvalue weighted by Crippen LogP contribution is -2.13. The number of thioether (sulfide) groups is 1. The normalized spacial score (nSPS) is 11.3. The molecule has 32 heavy (non-hydrogen) atoms. The number of fused-ring (bicyclic) bond motifs is 2. The zero-order valence-electron chi connectivity index (χ0n) is 17.3. The quantitative estimate of drug-likeness (QED) is 0.367. The fraction of sp³-hybridized carbons (Fsp3) is 0.130. The van der Waals surface area contributed by atoms with Gasteiger partial charge in [-0.25, -0.2) is 9.97 Å². The number of anilines is 1. The second-order valence-corrected chi connectivity index (χ2v) is 9.56. The summed E-state index contributed by atoms with van der Waals surface area (Å²) in [5, 5.41) is 2.96. The Bertz CT molecular complexity index is 1530. The van der Waals surface area contributed by atoms with Crippen LogP contribution in [0.5, 0.6) is 0 Å². The van der Waals surface area contributed by atoms with Gasteiger partial charge in [0.1, 0.15) is 5.76 Å². The lowest BCUT2D eigenvalue weighted by Gasteiger charge is -2.07. The molecule has 7 nitrogen and oxygen atoms in total. The third kappa shape index (κ3) is 4.04. The van der Waals surface area contributed by atoms with E-state index in [1.807, 2.05) is 49.4 Å². The van der Waals surface area contributed by atoms with Crippen molar-refractivity contribution in [1.29, 1.82) is 0 Å². The number of aromatic nitrogens is 3. The summed E-state index contributed by atoms with van der Waals surface area (Å²) in [4.78, 5) is 33.9. The van der Waals surface area contributed by atoms with Crippen molar-refractivity contribution in [3.8, 4) is 0 Å². The largest absolute Gasteiger partial charge is 0.375 e. The van der Waals surface area contributed by atoms with Gasteiger partial charge in [-0.05, 0) is 43.7 Å². The number of nitrogens with zero attached hydrogens (tertiary/aromatic N) is 3. The van der Waals surface area contributed by atoms with Crippen molar-refractivity contribution in [2.45, 2.75) is 23.9 Å². The first kappa shape index (κ1) is 20.5. The molecular formula is C23H18N4O3S2. The van der Waals surface area contributed by atoms with Crippen molar-refractivity contribution in [3.63, 3.8) is 0 Å². The molecule has 0 unspecified atom stereocenters. The van der Waals surface area contributed by atoms with Crippen molar-refractivity contribution in [1.82, 2.24) is 14.5 Å². The van der Waals surface area contributed by atoms with Crippen LogP contribution in [0.4, 0.5) is 5.69 Å². The van der Waals surface area contributed by atoms with Gasteiger partial charge in [0, 0.05) is 29.1 Å². The summed E-state index contributed by atoms with van der Waals surface area (Å²) in [6, 6.07) is 16.4. The van der Waals surface area contributed by atoms with E-state index in [2.05, 4.69) is 15.3 Å². The van der Waals surface area contributed by atoms with Crippen molar-refractivity contribution in [3.05, 3.63) is 87.5 Å². The Hall–Kier alpha value is -3.43. The predicted octanol–water partition coefficient (Wildman–Crippen LogP) is 5.06. The van der Waals surface area contributed by atoms with Crippen LogP contribution in [0.2, 0.25) is 0 Å². The Balaban J connectivity index is 1.32. The van der Waals surface area contributed by atoms with E-state index in [4.69, 9.17) is 4.52 Å². The molecule has 1 N–H and O–H groups in total. The number of carbonyl (C=O) groups is 1. The molecule has 2 aromatic carbocycles. The molecule has 0 aliphatic heterocycles. The molecule has 0 atom stereocenters. The third-order valence-corrected chi connectivity index (χ3v) is 7.08. The first-order chi connectivity index (χ1) is 15.5. The topological polar surface area (TPSA) is 89.5 Å². The zero-order chi connectivity index (χ0) is 22.2. The summed E-state index contributed by atoms with van der Waals surface area (Å²) in [6.45, 7) is 3.70. The third-order valence-electron chi connectivity index (χ3n) is 4.88. The number of hydrogen-bond acceptors (Lipinski definition) is 7. The highest BCUT2D eigenvalue weighted by Crippen LogP contribution is 2.32. The van der Waals surface area contributed by atoms with Crippen molar-refractivity contribution in [2.75, 3.05) is 5.32 Å². The van der Waals surface area contributed by atoms with Crippen LogP contribution in [0, 0.1) is 13.8 Å². The molecule has 1 amide bonds. The van der Waals surface area contributed by atoms with Gasteiger partial charge in [0.05, 0.1) is 15.9 Å². The van der Waals surface area contributed by atoms with Crippen LogP contribution in [0.15, 0.2) is 68.3 Å². The standard InChI is InChI=1S/C23H18N4O3S2/c1-13-5-3-4-6-17(13)22(29)25-15-7-8-18-19(10-15)32-23(26-18)31-12-16-11-21(28)27-20(24-16)9-14(2)30-27/h3-11H,12H2,1-2H3,(H,25,29). The molecule has 9 heteroatoms. The van der Waals surface area contributed by atoms with Gasteiger partial charge in [0.15, 0.2) is 9.99 Å². The number of amides is 1.